The van der Waals surface area contributed by atoms with Gasteiger partial charge in [0.1, 0.15) is 12.0 Å². The molecule has 0 amide bonds. The topological polar surface area (TPSA) is 159 Å². The van der Waals surface area contributed by atoms with Gasteiger partial charge in [0, 0.05) is 7.11 Å². The number of guanidine groups is 1. The Bertz CT molecular complexity index is 547. The van der Waals surface area contributed by atoms with Gasteiger partial charge in [0.25, 0.3) is 0 Å². The van der Waals surface area contributed by atoms with E-state index in [-0.39, 0.29) is 36.1 Å². The van der Waals surface area contributed by atoms with E-state index in [4.69, 9.17) is 20.3 Å². The van der Waals surface area contributed by atoms with E-state index >= 15 is 0 Å². The molecule has 0 radical (unpaired) electrons. The number of aliphatic hydroxyl groups is 2. The lowest BCUT2D eigenvalue weighted by atomic mass is 10.2. The third-order valence-electron chi connectivity index (χ3n) is 3.50. The Kier molecular flexibility index (Phi) is 4.16. The summed E-state index contributed by atoms with van der Waals surface area (Å²) in [5.74, 6) is -1.39. The van der Waals surface area contributed by atoms with Crippen LogP contribution in [0.15, 0.2) is 11.3 Å². The third-order valence-corrected chi connectivity index (χ3v) is 3.50. The molecule has 0 bridgehead atoms. The molecule has 118 valence electrons. The van der Waals surface area contributed by atoms with Crippen LogP contribution in [-0.4, -0.2) is 51.0 Å². The van der Waals surface area contributed by atoms with Crippen LogP contribution in [0.3, 0.4) is 0 Å². The second-order valence-electron chi connectivity index (χ2n) is 4.76. The number of aliphatic imine (C=N–C) groups is 1. The Morgan fingerprint density at radius 1 is 1.62 bits per heavy atom. The molecule has 2 aliphatic rings. The van der Waals surface area contributed by atoms with Gasteiger partial charge in [-0.1, -0.05) is 0 Å². The van der Waals surface area contributed by atoms with Crippen LogP contribution in [0.4, 0.5) is 5.82 Å². The minimum atomic E-state index is -1.90. The predicted octanol–water partition coefficient (Wildman–Crippen LogP) is -1.78. The average Bonchev–Trinajstić information content (AvgIpc) is 3.04. The van der Waals surface area contributed by atoms with Crippen molar-refractivity contribution >= 4 is 11.8 Å². The summed E-state index contributed by atoms with van der Waals surface area (Å²) in [5.41, 5.74) is 5.89. The summed E-state index contributed by atoms with van der Waals surface area (Å²) in [6, 6.07) is 0. The summed E-state index contributed by atoms with van der Waals surface area (Å²) >= 11 is 0. The zero-order valence-electron chi connectivity index (χ0n) is 11.5. The van der Waals surface area contributed by atoms with Gasteiger partial charge in [0.15, 0.2) is 11.7 Å². The predicted molar refractivity (Wildman–Crippen MR) is 72.2 cm³/mol. The number of nitrogens with one attached hydrogen (secondary N) is 1. The fraction of sp³-hybridized carbons (Fsp3) is 0.636. The summed E-state index contributed by atoms with van der Waals surface area (Å²) in [7, 11) is 1.32. The van der Waals surface area contributed by atoms with E-state index < -0.39 is 5.91 Å². The fourth-order valence-electron chi connectivity index (χ4n) is 2.47. The van der Waals surface area contributed by atoms with Crippen LogP contribution >= 0.6 is 0 Å². The Hall–Kier alpha value is -1.72. The Balaban J connectivity index is 0.00000161. The van der Waals surface area contributed by atoms with E-state index in [0.717, 1.165) is 12.8 Å². The van der Waals surface area contributed by atoms with E-state index in [1.165, 1.54) is 13.4 Å². The van der Waals surface area contributed by atoms with Crippen LogP contribution < -0.4 is 11.1 Å². The van der Waals surface area contributed by atoms with Crippen molar-refractivity contribution in [3.8, 4) is 0 Å². The standard InChI is InChI=1S/C11H17N5O4.H2O/c1-19-11(18)8-9(14-10(12)15-11)16(5-13-8)7-3-2-6(4-17)20-7;/h5-7,17-18H,2-4H2,1H3,(H3,12,14,15);1H2/t6-,7+,11?;/m0./s1. The van der Waals surface area contributed by atoms with Crippen LogP contribution in [0.2, 0.25) is 0 Å². The minimum absolute atomic E-state index is 0. The lowest BCUT2D eigenvalue weighted by Crippen LogP contribution is -2.39. The molecule has 3 atom stereocenters. The van der Waals surface area contributed by atoms with Gasteiger partial charge < -0.3 is 36.2 Å². The first-order chi connectivity index (χ1) is 9.57. The van der Waals surface area contributed by atoms with E-state index in [1.807, 2.05) is 0 Å². The van der Waals surface area contributed by atoms with Crippen molar-refractivity contribution in [2.45, 2.75) is 31.1 Å². The zero-order valence-corrected chi connectivity index (χ0v) is 11.5. The first kappa shape index (κ1) is 15.7. The molecule has 10 heteroatoms. The molecular formula is C11H19N5O5. The van der Waals surface area contributed by atoms with Crippen LogP contribution in [-0.2, 0) is 15.4 Å². The highest BCUT2D eigenvalue weighted by molar-refractivity contribution is 5.94. The molecule has 1 fully saturated rings. The van der Waals surface area contributed by atoms with Crippen LogP contribution in [0.1, 0.15) is 24.8 Å². The number of imidazole rings is 1. The Labute approximate surface area is 120 Å². The fourth-order valence-corrected chi connectivity index (χ4v) is 2.47. The number of hydrogen-bond acceptors (Lipinski definition) is 8. The smallest absolute Gasteiger partial charge is 0.319 e. The molecule has 1 aromatic heterocycles. The lowest BCUT2D eigenvalue weighted by Gasteiger charge is -2.27. The maximum absolute atomic E-state index is 10.3. The molecule has 2 aliphatic heterocycles. The maximum Gasteiger partial charge on any atom is 0.319 e. The summed E-state index contributed by atoms with van der Waals surface area (Å²) in [5, 5.41) is 22.2. The highest BCUT2D eigenvalue weighted by atomic mass is 16.6. The third kappa shape index (κ3) is 2.47. The van der Waals surface area contributed by atoms with Crippen molar-refractivity contribution < 1.29 is 25.2 Å². The van der Waals surface area contributed by atoms with Crippen molar-refractivity contribution in [1.82, 2.24) is 9.55 Å². The van der Waals surface area contributed by atoms with E-state index in [0.29, 0.717) is 5.82 Å². The quantitative estimate of drug-likeness (QED) is 0.480. The number of aliphatic hydroxyl groups excluding tert-OH is 1. The monoisotopic (exact) mass is 301 g/mol. The van der Waals surface area contributed by atoms with Crippen molar-refractivity contribution in [2.24, 2.45) is 10.7 Å². The zero-order chi connectivity index (χ0) is 14.3. The molecule has 1 unspecified atom stereocenters. The van der Waals surface area contributed by atoms with Gasteiger partial charge >= 0.3 is 5.91 Å². The molecule has 0 aromatic carbocycles. The number of nitrogens with two attached hydrogens (primary N) is 1. The first-order valence-corrected chi connectivity index (χ1v) is 6.31. The van der Waals surface area contributed by atoms with Crippen LogP contribution in [0.5, 0.6) is 0 Å². The Morgan fingerprint density at radius 2 is 2.38 bits per heavy atom. The molecule has 3 heterocycles. The van der Waals surface area contributed by atoms with Gasteiger partial charge in [-0.05, 0) is 12.8 Å². The number of anilines is 1. The molecule has 21 heavy (non-hydrogen) atoms. The number of ether oxygens (including phenoxy) is 2. The highest BCUT2D eigenvalue weighted by Crippen LogP contribution is 2.37. The molecule has 0 aliphatic carbocycles. The summed E-state index contributed by atoms with van der Waals surface area (Å²) in [4.78, 5) is 7.94. The van der Waals surface area contributed by atoms with Crippen molar-refractivity contribution in [2.75, 3.05) is 19.0 Å². The van der Waals surface area contributed by atoms with Crippen LogP contribution in [0, 0.1) is 0 Å². The summed E-state index contributed by atoms with van der Waals surface area (Å²) in [6.07, 6.45) is 2.56. The van der Waals surface area contributed by atoms with Gasteiger partial charge in [-0.2, -0.15) is 4.99 Å². The van der Waals surface area contributed by atoms with Crippen molar-refractivity contribution in [3.63, 3.8) is 0 Å². The molecule has 1 aromatic rings. The van der Waals surface area contributed by atoms with Crippen molar-refractivity contribution in [3.05, 3.63) is 12.0 Å². The largest absolute Gasteiger partial charge is 0.412 e. The van der Waals surface area contributed by atoms with Gasteiger partial charge in [-0.3, -0.25) is 4.57 Å². The number of rotatable bonds is 3. The maximum atomic E-state index is 10.3. The van der Waals surface area contributed by atoms with Crippen molar-refractivity contribution in [1.29, 1.82) is 0 Å². The van der Waals surface area contributed by atoms with Gasteiger partial charge in [-0.15, -0.1) is 0 Å². The van der Waals surface area contributed by atoms with E-state index in [1.54, 1.807) is 4.57 Å². The number of hydrogen-bond donors (Lipinski definition) is 4. The first-order valence-electron chi connectivity index (χ1n) is 6.31. The SMILES string of the molecule is COC1(O)N=C(N)Nc2c1ncn2[C@H]1CC[C@@H](CO)O1.O. The molecule has 0 spiro atoms. The van der Waals surface area contributed by atoms with Gasteiger partial charge in [0.2, 0.25) is 0 Å². The summed E-state index contributed by atoms with van der Waals surface area (Å²) in [6.45, 7) is -0.0214. The summed E-state index contributed by atoms with van der Waals surface area (Å²) < 4.78 is 12.4. The number of methoxy groups -OCH3 is 1. The van der Waals surface area contributed by atoms with E-state index in [2.05, 4.69) is 15.3 Å². The van der Waals surface area contributed by atoms with Crippen LogP contribution in [0.25, 0.3) is 0 Å². The average molecular weight is 301 g/mol. The molecular weight excluding hydrogens is 282 g/mol. The second-order valence-corrected chi connectivity index (χ2v) is 4.76. The minimum Gasteiger partial charge on any atom is -0.412 e. The lowest BCUT2D eigenvalue weighted by molar-refractivity contribution is -0.189. The van der Waals surface area contributed by atoms with Gasteiger partial charge in [0.05, 0.1) is 19.0 Å². The molecule has 3 rings (SSSR count). The molecule has 1 saturated heterocycles. The Morgan fingerprint density at radius 3 is 3.00 bits per heavy atom. The second kappa shape index (κ2) is 5.58. The van der Waals surface area contributed by atoms with Gasteiger partial charge in [-0.25, -0.2) is 4.98 Å². The number of aromatic nitrogens is 2. The molecule has 10 nitrogen and oxygen atoms in total. The number of nitrogens with zero attached hydrogens (tertiary/aromatic N) is 3. The molecule has 0 saturated carbocycles. The highest BCUT2D eigenvalue weighted by Gasteiger charge is 2.41. The normalized spacial score (nSPS) is 31.1. The number of fused-ring (bicyclic) bond motifs is 1. The molecule has 7 N–H and O–H groups in total. The van der Waals surface area contributed by atoms with E-state index in [9.17, 15) is 5.11 Å².